The molecule has 1 atom stereocenters. The molecule has 1 rings (SSSR count). The standard InChI is InChI=1S/C12H25NO3Si/c1-12(2,3)17(4,5)16-9-10-8-13-11(14)6-7-15-10/h10H,6-9H2,1-5H3,(H,13,14). The zero-order valence-electron chi connectivity index (χ0n) is 11.6. The number of carbonyl (C=O) groups excluding carboxylic acids is 1. The van der Waals surface area contributed by atoms with Crippen LogP contribution in [0.2, 0.25) is 18.1 Å². The summed E-state index contributed by atoms with van der Waals surface area (Å²) in [6.45, 7) is 12.7. The third-order valence-corrected chi connectivity index (χ3v) is 8.15. The van der Waals surface area contributed by atoms with Crippen molar-refractivity contribution in [2.24, 2.45) is 0 Å². The van der Waals surface area contributed by atoms with Gasteiger partial charge >= 0.3 is 0 Å². The number of carbonyl (C=O) groups is 1. The van der Waals surface area contributed by atoms with E-state index in [0.29, 0.717) is 26.2 Å². The molecule has 1 unspecified atom stereocenters. The SMILES string of the molecule is CC(C)(C)[Si](C)(C)OCC1CNC(=O)CCO1. The van der Waals surface area contributed by atoms with Gasteiger partial charge in [0.15, 0.2) is 8.32 Å². The van der Waals surface area contributed by atoms with Crippen molar-refractivity contribution in [2.45, 2.75) is 51.4 Å². The zero-order chi connectivity index (χ0) is 13.1. The van der Waals surface area contributed by atoms with Crippen LogP contribution in [-0.2, 0) is 14.0 Å². The number of hydrogen-bond donors (Lipinski definition) is 1. The van der Waals surface area contributed by atoms with Gasteiger partial charge in [-0.1, -0.05) is 20.8 Å². The molecule has 1 amide bonds. The predicted molar refractivity (Wildman–Crippen MR) is 70.5 cm³/mol. The first-order valence-electron chi connectivity index (χ1n) is 6.24. The molecule has 0 aliphatic carbocycles. The fourth-order valence-corrected chi connectivity index (χ4v) is 2.35. The van der Waals surface area contributed by atoms with Crippen LogP contribution in [-0.4, -0.2) is 40.1 Å². The lowest BCUT2D eigenvalue weighted by molar-refractivity contribution is -0.120. The van der Waals surface area contributed by atoms with Crippen molar-refractivity contribution >= 4 is 14.2 Å². The quantitative estimate of drug-likeness (QED) is 0.788. The number of amides is 1. The molecule has 1 aliphatic rings. The fraction of sp³-hybridized carbons (Fsp3) is 0.917. The molecule has 1 heterocycles. The Balaban J connectivity index is 2.42. The summed E-state index contributed by atoms with van der Waals surface area (Å²) in [5.41, 5.74) is 0. The van der Waals surface area contributed by atoms with Gasteiger partial charge in [-0.3, -0.25) is 4.79 Å². The van der Waals surface area contributed by atoms with E-state index in [1.54, 1.807) is 0 Å². The Morgan fingerprint density at radius 3 is 2.71 bits per heavy atom. The van der Waals surface area contributed by atoms with E-state index in [2.05, 4.69) is 39.2 Å². The van der Waals surface area contributed by atoms with Gasteiger partial charge in [0.1, 0.15) is 0 Å². The van der Waals surface area contributed by atoms with Gasteiger partial charge in [-0.05, 0) is 18.1 Å². The van der Waals surface area contributed by atoms with Crippen molar-refractivity contribution in [3.63, 3.8) is 0 Å². The number of nitrogens with one attached hydrogen (secondary N) is 1. The average molecular weight is 259 g/mol. The third-order valence-electron chi connectivity index (χ3n) is 3.65. The summed E-state index contributed by atoms with van der Waals surface area (Å²) in [4.78, 5) is 11.2. The lowest BCUT2D eigenvalue weighted by Crippen LogP contribution is -2.44. The second-order valence-electron chi connectivity index (χ2n) is 6.12. The first kappa shape index (κ1) is 14.7. The fourth-order valence-electron chi connectivity index (χ4n) is 1.32. The molecule has 0 radical (unpaired) electrons. The summed E-state index contributed by atoms with van der Waals surface area (Å²) < 4.78 is 11.7. The third kappa shape index (κ3) is 4.41. The van der Waals surface area contributed by atoms with Gasteiger partial charge < -0.3 is 14.5 Å². The first-order valence-corrected chi connectivity index (χ1v) is 9.15. The highest BCUT2D eigenvalue weighted by atomic mass is 28.4. The minimum atomic E-state index is -1.72. The largest absolute Gasteiger partial charge is 0.414 e. The monoisotopic (exact) mass is 259 g/mol. The second-order valence-corrected chi connectivity index (χ2v) is 10.9. The molecule has 0 aromatic heterocycles. The van der Waals surface area contributed by atoms with E-state index in [-0.39, 0.29) is 17.0 Å². The summed E-state index contributed by atoms with van der Waals surface area (Å²) in [7, 11) is -1.72. The smallest absolute Gasteiger partial charge is 0.222 e. The van der Waals surface area contributed by atoms with Crippen molar-refractivity contribution in [2.75, 3.05) is 19.8 Å². The Labute approximate surface area is 105 Å². The Bertz CT molecular complexity index is 273. The molecule has 0 bridgehead atoms. The predicted octanol–water partition coefficient (Wildman–Crippen LogP) is 1.91. The number of rotatable bonds is 3. The summed E-state index contributed by atoms with van der Waals surface area (Å²) in [5, 5.41) is 3.05. The summed E-state index contributed by atoms with van der Waals surface area (Å²) >= 11 is 0. The molecular weight excluding hydrogens is 234 g/mol. The van der Waals surface area contributed by atoms with Crippen LogP contribution in [0.4, 0.5) is 0 Å². The van der Waals surface area contributed by atoms with Crippen molar-refractivity contribution < 1.29 is 14.0 Å². The second kappa shape index (κ2) is 5.50. The summed E-state index contributed by atoms with van der Waals surface area (Å²) in [6, 6.07) is 0. The molecule has 100 valence electrons. The molecule has 1 N–H and O–H groups in total. The van der Waals surface area contributed by atoms with Gasteiger partial charge in [-0.25, -0.2) is 0 Å². The minimum Gasteiger partial charge on any atom is -0.414 e. The molecule has 0 saturated carbocycles. The van der Waals surface area contributed by atoms with Crippen LogP contribution in [0.15, 0.2) is 0 Å². The Morgan fingerprint density at radius 2 is 2.12 bits per heavy atom. The molecule has 4 nitrogen and oxygen atoms in total. The molecule has 1 saturated heterocycles. The Morgan fingerprint density at radius 1 is 1.47 bits per heavy atom. The van der Waals surface area contributed by atoms with Crippen LogP contribution < -0.4 is 5.32 Å². The van der Waals surface area contributed by atoms with Gasteiger partial charge in [0.05, 0.1) is 19.3 Å². The Kier molecular flexibility index (Phi) is 4.74. The van der Waals surface area contributed by atoms with Gasteiger partial charge in [0, 0.05) is 13.0 Å². The van der Waals surface area contributed by atoms with E-state index in [0.717, 1.165) is 0 Å². The normalized spacial score (nSPS) is 23.1. The topological polar surface area (TPSA) is 47.6 Å². The maximum absolute atomic E-state index is 11.2. The van der Waals surface area contributed by atoms with E-state index in [4.69, 9.17) is 9.16 Å². The molecule has 0 aromatic carbocycles. The van der Waals surface area contributed by atoms with Gasteiger partial charge in [-0.2, -0.15) is 0 Å². The molecule has 17 heavy (non-hydrogen) atoms. The maximum Gasteiger partial charge on any atom is 0.222 e. The van der Waals surface area contributed by atoms with Crippen LogP contribution in [0.25, 0.3) is 0 Å². The highest BCUT2D eigenvalue weighted by Gasteiger charge is 2.37. The van der Waals surface area contributed by atoms with Crippen molar-refractivity contribution in [1.82, 2.24) is 5.32 Å². The highest BCUT2D eigenvalue weighted by Crippen LogP contribution is 2.36. The van der Waals surface area contributed by atoms with Crippen LogP contribution in [0.3, 0.4) is 0 Å². The molecule has 0 spiro atoms. The van der Waals surface area contributed by atoms with Crippen LogP contribution >= 0.6 is 0 Å². The van der Waals surface area contributed by atoms with E-state index < -0.39 is 8.32 Å². The summed E-state index contributed by atoms with van der Waals surface area (Å²) in [5.74, 6) is 0.0693. The van der Waals surface area contributed by atoms with E-state index in [1.165, 1.54) is 0 Å². The summed E-state index contributed by atoms with van der Waals surface area (Å²) in [6.07, 6.45) is 0.451. The van der Waals surface area contributed by atoms with Gasteiger partial charge in [0.2, 0.25) is 5.91 Å². The molecule has 1 aliphatic heterocycles. The van der Waals surface area contributed by atoms with Crippen LogP contribution in [0.5, 0.6) is 0 Å². The Hall–Kier alpha value is -0.393. The molecule has 0 aromatic rings. The lowest BCUT2D eigenvalue weighted by atomic mass is 10.2. The first-order chi connectivity index (χ1) is 7.72. The van der Waals surface area contributed by atoms with Crippen molar-refractivity contribution in [3.8, 4) is 0 Å². The van der Waals surface area contributed by atoms with E-state index in [1.807, 2.05) is 0 Å². The minimum absolute atomic E-state index is 0.00410. The highest BCUT2D eigenvalue weighted by molar-refractivity contribution is 6.74. The number of hydrogen-bond acceptors (Lipinski definition) is 3. The molecule has 5 heteroatoms. The maximum atomic E-state index is 11.2. The lowest BCUT2D eigenvalue weighted by Gasteiger charge is -2.37. The van der Waals surface area contributed by atoms with Crippen LogP contribution in [0, 0.1) is 0 Å². The molecular formula is C12H25NO3Si. The number of ether oxygens (including phenoxy) is 1. The van der Waals surface area contributed by atoms with E-state index >= 15 is 0 Å². The van der Waals surface area contributed by atoms with Crippen LogP contribution in [0.1, 0.15) is 27.2 Å². The molecule has 1 fully saturated rings. The van der Waals surface area contributed by atoms with Crippen molar-refractivity contribution in [3.05, 3.63) is 0 Å². The van der Waals surface area contributed by atoms with Gasteiger partial charge in [-0.15, -0.1) is 0 Å². The van der Waals surface area contributed by atoms with Gasteiger partial charge in [0.25, 0.3) is 0 Å². The van der Waals surface area contributed by atoms with Crippen molar-refractivity contribution in [1.29, 1.82) is 0 Å². The zero-order valence-corrected chi connectivity index (χ0v) is 12.6. The average Bonchev–Trinajstić information content (AvgIpc) is 2.38. The van der Waals surface area contributed by atoms with E-state index in [9.17, 15) is 4.79 Å².